The molecular formula is C14H17FN2O3. The second-order valence-corrected chi connectivity index (χ2v) is 4.96. The van der Waals surface area contributed by atoms with Gasteiger partial charge in [0, 0.05) is 18.8 Å². The van der Waals surface area contributed by atoms with Crippen molar-refractivity contribution >= 4 is 17.5 Å². The Labute approximate surface area is 116 Å². The first-order valence-electron chi connectivity index (χ1n) is 6.52. The zero-order valence-electron chi connectivity index (χ0n) is 11.2. The van der Waals surface area contributed by atoms with Crippen molar-refractivity contribution < 1.29 is 19.1 Å². The van der Waals surface area contributed by atoms with Crippen LogP contribution >= 0.6 is 0 Å². The summed E-state index contributed by atoms with van der Waals surface area (Å²) in [5, 5.41) is 12.0. The summed E-state index contributed by atoms with van der Waals surface area (Å²) >= 11 is 0. The third-order valence-corrected chi connectivity index (χ3v) is 3.31. The van der Waals surface area contributed by atoms with Gasteiger partial charge in [-0.2, -0.15) is 0 Å². The molecule has 0 aromatic heterocycles. The molecule has 1 aromatic carbocycles. The van der Waals surface area contributed by atoms with Gasteiger partial charge in [-0.25, -0.2) is 4.39 Å². The van der Waals surface area contributed by atoms with Crippen LogP contribution in [0.4, 0.5) is 10.1 Å². The minimum Gasteiger partial charge on any atom is -0.391 e. The van der Waals surface area contributed by atoms with Crippen LogP contribution < -0.4 is 5.32 Å². The number of aryl methyl sites for hydroxylation is 1. The number of nitrogens with one attached hydrogen (secondary N) is 1. The summed E-state index contributed by atoms with van der Waals surface area (Å²) in [4.78, 5) is 25.2. The van der Waals surface area contributed by atoms with Crippen molar-refractivity contribution in [1.82, 2.24) is 4.90 Å². The maximum Gasteiger partial charge on any atom is 0.313 e. The number of halogens is 1. The van der Waals surface area contributed by atoms with Crippen LogP contribution in [0.2, 0.25) is 0 Å². The van der Waals surface area contributed by atoms with Gasteiger partial charge in [0.25, 0.3) is 0 Å². The Hall–Kier alpha value is -1.95. The molecule has 20 heavy (non-hydrogen) atoms. The number of rotatable bonds is 1. The Morgan fingerprint density at radius 1 is 1.45 bits per heavy atom. The van der Waals surface area contributed by atoms with Crippen LogP contribution in [-0.4, -0.2) is 41.0 Å². The van der Waals surface area contributed by atoms with Gasteiger partial charge in [0.1, 0.15) is 5.82 Å². The predicted molar refractivity (Wildman–Crippen MR) is 71.6 cm³/mol. The molecule has 0 aliphatic carbocycles. The Morgan fingerprint density at radius 2 is 2.20 bits per heavy atom. The first-order chi connectivity index (χ1) is 9.47. The lowest BCUT2D eigenvalue weighted by Crippen LogP contribution is -2.46. The standard InChI is InChI=1S/C14H17FN2O3/c1-9-7-10(15)4-5-12(9)16-13(19)14(20)17-6-2-3-11(18)8-17/h4-5,7,11,18H,2-3,6,8H2,1H3,(H,16,19). The summed E-state index contributed by atoms with van der Waals surface area (Å²) in [6.45, 7) is 2.29. The molecule has 1 aliphatic rings. The molecule has 1 aliphatic heterocycles. The van der Waals surface area contributed by atoms with Crippen molar-refractivity contribution in [3.63, 3.8) is 0 Å². The fourth-order valence-electron chi connectivity index (χ4n) is 2.23. The van der Waals surface area contributed by atoms with E-state index in [0.29, 0.717) is 30.6 Å². The van der Waals surface area contributed by atoms with Gasteiger partial charge in [-0.05, 0) is 43.5 Å². The summed E-state index contributed by atoms with van der Waals surface area (Å²) in [7, 11) is 0. The first kappa shape index (κ1) is 14.5. The van der Waals surface area contributed by atoms with Gasteiger partial charge in [0.15, 0.2) is 0 Å². The normalized spacial score (nSPS) is 18.8. The lowest BCUT2D eigenvalue weighted by atomic mass is 10.1. The molecule has 2 amide bonds. The van der Waals surface area contributed by atoms with Gasteiger partial charge in [-0.1, -0.05) is 0 Å². The Bertz CT molecular complexity index is 533. The molecule has 0 saturated carbocycles. The summed E-state index contributed by atoms with van der Waals surface area (Å²) in [5.41, 5.74) is 0.951. The van der Waals surface area contributed by atoms with Crippen LogP contribution in [-0.2, 0) is 9.59 Å². The van der Waals surface area contributed by atoms with Crippen LogP contribution in [0.1, 0.15) is 18.4 Å². The number of β-amino-alcohol motifs (C(OH)–C–C–N with tert-alkyl or cyclic N) is 1. The molecule has 2 rings (SSSR count). The van der Waals surface area contributed by atoms with Crippen LogP contribution in [0.5, 0.6) is 0 Å². The number of nitrogens with zero attached hydrogens (tertiary/aromatic N) is 1. The number of likely N-dealkylation sites (tertiary alicyclic amines) is 1. The predicted octanol–water partition coefficient (Wildman–Crippen LogP) is 1.06. The Morgan fingerprint density at radius 3 is 2.85 bits per heavy atom. The van der Waals surface area contributed by atoms with Crippen LogP contribution in [0.3, 0.4) is 0 Å². The Kier molecular flexibility index (Phi) is 4.34. The number of anilines is 1. The molecule has 1 atom stereocenters. The number of amides is 2. The highest BCUT2D eigenvalue weighted by Crippen LogP contribution is 2.16. The van der Waals surface area contributed by atoms with Gasteiger partial charge < -0.3 is 15.3 Å². The third-order valence-electron chi connectivity index (χ3n) is 3.31. The molecule has 1 aromatic rings. The smallest absolute Gasteiger partial charge is 0.313 e. The number of carbonyl (C=O) groups is 2. The maximum absolute atomic E-state index is 13.0. The van der Waals surface area contributed by atoms with E-state index in [1.807, 2.05) is 0 Å². The van der Waals surface area contributed by atoms with Crippen molar-refractivity contribution in [3.05, 3.63) is 29.6 Å². The van der Waals surface area contributed by atoms with Gasteiger partial charge in [0.2, 0.25) is 0 Å². The number of aliphatic hydroxyl groups excluding tert-OH is 1. The summed E-state index contributed by atoms with van der Waals surface area (Å²) in [6.07, 6.45) is 0.742. The van der Waals surface area contributed by atoms with Gasteiger partial charge in [-0.15, -0.1) is 0 Å². The monoisotopic (exact) mass is 280 g/mol. The fraction of sp³-hybridized carbons (Fsp3) is 0.429. The van der Waals surface area contributed by atoms with E-state index in [4.69, 9.17) is 0 Å². The van der Waals surface area contributed by atoms with Crippen molar-refractivity contribution in [3.8, 4) is 0 Å². The van der Waals surface area contributed by atoms with Gasteiger partial charge in [0.05, 0.1) is 6.10 Å². The molecule has 0 bridgehead atoms. The zero-order valence-corrected chi connectivity index (χ0v) is 11.2. The highest BCUT2D eigenvalue weighted by Gasteiger charge is 2.27. The number of aliphatic hydroxyl groups is 1. The molecular weight excluding hydrogens is 263 g/mol. The summed E-state index contributed by atoms with van der Waals surface area (Å²) < 4.78 is 13.0. The van der Waals surface area contributed by atoms with Crippen LogP contribution in [0.25, 0.3) is 0 Å². The number of piperidine rings is 1. The van der Waals surface area contributed by atoms with E-state index in [0.717, 1.165) is 0 Å². The SMILES string of the molecule is Cc1cc(F)ccc1NC(=O)C(=O)N1CCCC(O)C1. The molecule has 6 heteroatoms. The van der Waals surface area contributed by atoms with Crippen molar-refractivity contribution in [2.75, 3.05) is 18.4 Å². The van der Waals surface area contributed by atoms with Crippen molar-refractivity contribution in [2.24, 2.45) is 0 Å². The van der Waals surface area contributed by atoms with E-state index < -0.39 is 23.7 Å². The number of benzene rings is 1. The van der Waals surface area contributed by atoms with Crippen molar-refractivity contribution in [1.29, 1.82) is 0 Å². The van der Waals surface area contributed by atoms with Crippen LogP contribution in [0.15, 0.2) is 18.2 Å². The van der Waals surface area contributed by atoms with Crippen molar-refractivity contribution in [2.45, 2.75) is 25.9 Å². The molecule has 2 N–H and O–H groups in total. The minimum atomic E-state index is -0.770. The summed E-state index contributed by atoms with van der Waals surface area (Å²) in [5.74, 6) is -1.84. The molecule has 1 fully saturated rings. The van der Waals surface area contributed by atoms with Gasteiger partial charge in [-0.3, -0.25) is 9.59 Å². The van der Waals surface area contributed by atoms with E-state index in [1.54, 1.807) is 6.92 Å². The zero-order chi connectivity index (χ0) is 14.7. The van der Waals surface area contributed by atoms with E-state index in [9.17, 15) is 19.1 Å². The van der Waals surface area contributed by atoms with E-state index in [1.165, 1.54) is 23.1 Å². The molecule has 5 nitrogen and oxygen atoms in total. The molecule has 0 spiro atoms. The average Bonchev–Trinajstić information content (AvgIpc) is 2.41. The number of hydrogen-bond acceptors (Lipinski definition) is 3. The van der Waals surface area contributed by atoms with Crippen LogP contribution in [0, 0.1) is 12.7 Å². The highest BCUT2D eigenvalue weighted by molar-refractivity contribution is 6.39. The Balaban J connectivity index is 2.02. The highest BCUT2D eigenvalue weighted by atomic mass is 19.1. The summed E-state index contributed by atoms with van der Waals surface area (Å²) in [6, 6.07) is 3.92. The number of hydrogen-bond donors (Lipinski definition) is 2. The third kappa shape index (κ3) is 3.33. The molecule has 1 saturated heterocycles. The molecule has 108 valence electrons. The number of carbonyl (C=O) groups excluding carboxylic acids is 2. The lowest BCUT2D eigenvalue weighted by Gasteiger charge is -2.29. The van der Waals surface area contributed by atoms with Gasteiger partial charge >= 0.3 is 11.8 Å². The average molecular weight is 280 g/mol. The molecule has 1 heterocycles. The largest absolute Gasteiger partial charge is 0.391 e. The second kappa shape index (κ2) is 6.00. The maximum atomic E-state index is 13.0. The quantitative estimate of drug-likeness (QED) is 0.756. The lowest BCUT2D eigenvalue weighted by molar-refractivity contribution is -0.145. The molecule has 0 radical (unpaired) electrons. The second-order valence-electron chi connectivity index (χ2n) is 4.96. The minimum absolute atomic E-state index is 0.175. The topological polar surface area (TPSA) is 69.6 Å². The van der Waals surface area contributed by atoms with E-state index in [2.05, 4.69) is 5.32 Å². The van der Waals surface area contributed by atoms with E-state index >= 15 is 0 Å². The van der Waals surface area contributed by atoms with E-state index in [-0.39, 0.29) is 6.54 Å². The first-order valence-corrected chi connectivity index (χ1v) is 6.52. The fourth-order valence-corrected chi connectivity index (χ4v) is 2.23. The molecule has 1 unspecified atom stereocenters.